The Labute approximate surface area is 142 Å². The van der Waals surface area contributed by atoms with Crippen molar-refractivity contribution in [2.45, 2.75) is 36.7 Å². The van der Waals surface area contributed by atoms with Crippen LogP contribution < -0.4 is 10.5 Å². The number of esters is 1. The molecule has 1 saturated carbocycles. The van der Waals surface area contributed by atoms with Gasteiger partial charge in [-0.25, -0.2) is 4.79 Å². The summed E-state index contributed by atoms with van der Waals surface area (Å²) in [4.78, 5) is 24.3. The first-order valence-corrected chi connectivity index (χ1v) is 11.2. The van der Waals surface area contributed by atoms with E-state index in [1.807, 2.05) is 18.2 Å². The topological polar surface area (TPSA) is 84.9 Å². The highest BCUT2D eigenvalue weighted by Gasteiger charge is 2.67. The Bertz CT molecular complexity index is 650. The molecule has 2 fully saturated rings. The molecule has 6 nitrogen and oxygen atoms in total. The number of ether oxygens (including phenoxy) is 2. The van der Waals surface area contributed by atoms with Gasteiger partial charge in [0, 0.05) is 0 Å². The quantitative estimate of drug-likeness (QED) is 0.626. The Kier molecular flexibility index (Phi) is 4.17. The number of alkyl carbamates (subject to hydrolysis) is 1. The number of rotatable bonds is 4. The van der Waals surface area contributed by atoms with Gasteiger partial charge < -0.3 is 19.9 Å². The Hall–Kier alpha value is -1.86. The van der Waals surface area contributed by atoms with E-state index in [9.17, 15) is 14.7 Å². The Balaban J connectivity index is 2.05. The minimum atomic E-state index is -2.08. The van der Waals surface area contributed by atoms with Gasteiger partial charge in [0.1, 0.15) is 5.92 Å². The molecule has 1 heterocycles. The minimum Gasteiger partial charge on any atom is -0.469 e. The summed E-state index contributed by atoms with van der Waals surface area (Å²) in [6.07, 6.45) is 0.0146. The van der Waals surface area contributed by atoms with Gasteiger partial charge >= 0.3 is 12.1 Å². The summed E-state index contributed by atoms with van der Waals surface area (Å²) in [7, 11) is -0.751. The third-order valence-corrected chi connectivity index (χ3v) is 9.97. The maximum Gasteiger partial charge on any atom is 0.408 e. The average Bonchev–Trinajstić information content (AvgIpc) is 3.06. The molecule has 7 heteroatoms. The molecule has 1 aliphatic heterocycles. The van der Waals surface area contributed by atoms with Crippen molar-refractivity contribution in [2.75, 3.05) is 13.7 Å². The number of benzene rings is 1. The van der Waals surface area contributed by atoms with E-state index < -0.39 is 38.3 Å². The summed E-state index contributed by atoms with van der Waals surface area (Å²) in [6, 6.07) is 9.74. The van der Waals surface area contributed by atoms with Crippen LogP contribution in [-0.2, 0) is 14.3 Å². The average molecular weight is 349 g/mol. The predicted molar refractivity (Wildman–Crippen MR) is 90.7 cm³/mol. The molecule has 1 aliphatic carbocycles. The fraction of sp³-hybridized carbons (Fsp3) is 0.529. The first kappa shape index (κ1) is 17.0. The van der Waals surface area contributed by atoms with Gasteiger partial charge in [-0.1, -0.05) is 48.6 Å². The molecule has 4 unspecified atom stereocenters. The third-order valence-electron chi connectivity index (χ3n) is 5.73. The van der Waals surface area contributed by atoms with Crippen molar-refractivity contribution in [3.05, 3.63) is 30.3 Å². The second-order valence-corrected chi connectivity index (χ2v) is 11.9. The maximum atomic E-state index is 12.6. The third kappa shape index (κ3) is 2.34. The lowest BCUT2D eigenvalue weighted by Gasteiger charge is -2.37. The summed E-state index contributed by atoms with van der Waals surface area (Å²) in [6.45, 7) is 4.01. The molecule has 130 valence electrons. The van der Waals surface area contributed by atoms with E-state index in [4.69, 9.17) is 9.47 Å². The van der Waals surface area contributed by atoms with Gasteiger partial charge in [-0.3, -0.25) is 4.79 Å². The summed E-state index contributed by atoms with van der Waals surface area (Å²) in [5.74, 6) is -1.09. The molecule has 4 atom stereocenters. The first-order chi connectivity index (χ1) is 11.4. The van der Waals surface area contributed by atoms with Crippen LogP contribution in [0.25, 0.3) is 0 Å². The van der Waals surface area contributed by atoms with Crippen LogP contribution in [0.3, 0.4) is 0 Å². The van der Waals surface area contributed by atoms with Crippen LogP contribution >= 0.6 is 0 Å². The van der Waals surface area contributed by atoms with Gasteiger partial charge in [0.2, 0.25) is 0 Å². The van der Waals surface area contributed by atoms with E-state index in [0.717, 1.165) is 0 Å². The predicted octanol–water partition coefficient (Wildman–Crippen LogP) is 1.00. The van der Waals surface area contributed by atoms with Crippen LogP contribution in [0.2, 0.25) is 18.6 Å². The van der Waals surface area contributed by atoms with Gasteiger partial charge in [-0.2, -0.15) is 0 Å². The summed E-state index contributed by atoms with van der Waals surface area (Å²) >= 11 is 0. The number of carbonyl (C=O) groups excluding carboxylic acids is 2. The van der Waals surface area contributed by atoms with Crippen LogP contribution in [0, 0.1) is 5.92 Å². The zero-order valence-electron chi connectivity index (χ0n) is 14.1. The zero-order valence-corrected chi connectivity index (χ0v) is 15.1. The second-order valence-electron chi connectivity index (χ2n) is 7.13. The van der Waals surface area contributed by atoms with Crippen molar-refractivity contribution in [1.82, 2.24) is 5.32 Å². The number of amides is 1. The van der Waals surface area contributed by atoms with E-state index in [1.54, 1.807) is 0 Å². The monoisotopic (exact) mass is 349 g/mol. The largest absolute Gasteiger partial charge is 0.469 e. The van der Waals surface area contributed by atoms with Crippen LogP contribution in [0.4, 0.5) is 4.79 Å². The maximum absolute atomic E-state index is 12.6. The first-order valence-electron chi connectivity index (χ1n) is 8.10. The lowest BCUT2D eigenvalue weighted by molar-refractivity contribution is -0.154. The van der Waals surface area contributed by atoms with Crippen LogP contribution in [0.15, 0.2) is 30.3 Å². The Morgan fingerprint density at radius 3 is 2.67 bits per heavy atom. The van der Waals surface area contributed by atoms with Gasteiger partial charge in [0.25, 0.3) is 0 Å². The summed E-state index contributed by atoms with van der Waals surface area (Å²) in [5, 5.41) is 14.0. The smallest absolute Gasteiger partial charge is 0.408 e. The molecule has 2 N–H and O–H groups in total. The Morgan fingerprint density at radius 2 is 2.08 bits per heavy atom. The van der Waals surface area contributed by atoms with Crippen LogP contribution in [-0.4, -0.2) is 50.6 Å². The van der Waals surface area contributed by atoms with E-state index in [2.05, 4.69) is 30.5 Å². The molecule has 0 bridgehead atoms. The molecule has 1 aromatic rings. The number of fused-ring (bicyclic) bond motifs is 1. The second kappa shape index (κ2) is 5.89. The van der Waals surface area contributed by atoms with E-state index >= 15 is 0 Å². The van der Waals surface area contributed by atoms with Crippen LogP contribution in [0.5, 0.6) is 0 Å². The molecule has 1 saturated heterocycles. The molecule has 0 spiro atoms. The fourth-order valence-electron chi connectivity index (χ4n) is 4.33. The lowest BCUT2D eigenvalue weighted by Crippen LogP contribution is -2.54. The van der Waals surface area contributed by atoms with Crippen molar-refractivity contribution < 1.29 is 24.2 Å². The standard InChI is InChI=1S/C17H23NO5Si/c1-22-15(20)14-12(24(2,3)11-7-5-4-6-8-11)9-13-17(14,10-19)23-16(21)18-13/h4-8,12-14,19H,9-10H2,1-3H3,(H,18,21). The SMILES string of the molecule is COC(=O)C1C([Si](C)(C)c2ccccc2)CC2NC(=O)OC21CO. The van der Waals surface area contributed by atoms with E-state index in [1.165, 1.54) is 12.3 Å². The van der Waals surface area contributed by atoms with E-state index in [-0.39, 0.29) is 11.6 Å². The summed E-state index contributed by atoms with van der Waals surface area (Å²) in [5.41, 5.74) is -1.24. The molecule has 1 aromatic carbocycles. The number of nitrogens with one attached hydrogen (secondary N) is 1. The van der Waals surface area contributed by atoms with Crippen molar-refractivity contribution in [3.8, 4) is 0 Å². The normalized spacial score (nSPS) is 32.0. The molecule has 0 aromatic heterocycles. The van der Waals surface area contributed by atoms with E-state index in [0.29, 0.717) is 6.42 Å². The Morgan fingerprint density at radius 1 is 1.42 bits per heavy atom. The fourth-order valence-corrected chi connectivity index (χ4v) is 7.89. The molecule has 1 amide bonds. The van der Waals surface area contributed by atoms with Gasteiger partial charge in [-0.05, 0) is 12.0 Å². The molecule has 0 radical (unpaired) electrons. The number of methoxy groups -OCH3 is 1. The molecular weight excluding hydrogens is 326 g/mol. The van der Waals surface area contributed by atoms with Gasteiger partial charge in [0.05, 0.1) is 27.8 Å². The highest BCUT2D eigenvalue weighted by Crippen LogP contribution is 2.53. The molecule has 3 rings (SSSR count). The van der Waals surface area contributed by atoms with Crippen molar-refractivity contribution >= 4 is 25.3 Å². The zero-order chi connectivity index (χ0) is 17.5. The number of hydrogen-bond acceptors (Lipinski definition) is 5. The number of hydrogen-bond donors (Lipinski definition) is 2. The van der Waals surface area contributed by atoms with Crippen LogP contribution in [0.1, 0.15) is 6.42 Å². The molecule has 24 heavy (non-hydrogen) atoms. The highest BCUT2D eigenvalue weighted by atomic mass is 28.3. The summed E-state index contributed by atoms with van der Waals surface area (Å²) < 4.78 is 10.5. The highest BCUT2D eigenvalue weighted by molar-refractivity contribution is 6.91. The van der Waals surface area contributed by atoms with Gasteiger partial charge in [0.15, 0.2) is 5.60 Å². The minimum absolute atomic E-state index is 0.00917. The number of carbonyl (C=O) groups is 2. The number of aliphatic hydroxyl groups excluding tert-OH is 1. The van der Waals surface area contributed by atoms with Gasteiger partial charge in [-0.15, -0.1) is 0 Å². The molecule has 2 aliphatic rings. The van der Waals surface area contributed by atoms with Crippen molar-refractivity contribution in [1.29, 1.82) is 0 Å². The molecular formula is C17H23NO5Si. The number of aliphatic hydroxyl groups is 1. The lowest BCUT2D eigenvalue weighted by atomic mass is 9.89. The van der Waals surface area contributed by atoms with Crippen molar-refractivity contribution in [2.24, 2.45) is 5.92 Å². The van der Waals surface area contributed by atoms with Crippen molar-refractivity contribution in [3.63, 3.8) is 0 Å².